The van der Waals surface area contributed by atoms with Crippen LogP contribution in [0.4, 0.5) is 0 Å². The Hall–Kier alpha value is -0.900. The van der Waals surface area contributed by atoms with Gasteiger partial charge < -0.3 is 4.74 Å². The molecule has 0 atom stereocenters. The fraction of sp³-hybridized carbons (Fsp3) is 0.429. The number of carbonyl (C=O) groups is 1. The van der Waals surface area contributed by atoms with Gasteiger partial charge in [0, 0.05) is 6.92 Å². The number of aryl methyl sites for hydroxylation is 1. The van der Waals surface area contributed by atoms with Gasteiger partial charge in [0.1, 0.15) is 0 Å². The van der Waals surface area contributed by atoms with Crippen LogP contribution in [0.2, 0.25) is 0 Å². The van der Waals surface area contributed by atoms with Gasteiger partial charge in [0.05, 0.1) is 17.7 Å². The zero-order valence-corrected chi connectivity index (χ0v) is 7.49. The van der Waals surface area contributed by atoms with Crippen molar-refractivity contribution in [3.05, 3.63) is 10.6 Å². The molecule has 60 valence electrons. The number of thiazole rings is 1. The van der Waals surface area contributed by atoms with Gasteiger partial charge in [-0.3, -0.25) is 4.79 Å². The molecule has 0 unspecified atom stereocenters. The van der Waals surface area contributed by atoms with E-state index in [2.05, 4.69) is 4.98 Å². The van der Waals surface area contributed by atoms with E-state index in [1.807, 2.05) is 0 Å². The van der Waals surface area contributed by atoms with Crippen LogP contribution in [0, 0.1) is 6.92 Å². The summed E-state index contributed by atoms with van der Waals surface area (Å²) in [4.78, 5) is 15.6. The van der Waals surface area contributed by atoms with E-state index < -0.39 is 0 Å². The maximum absolute atomic E-state index is 10.9. The van der Waals surface area contributed by atoms with Gasteiger partial charge in [0.2, 0.25) is 0 Å². The van der Waals surface area contributed by atoms with E-state index >= 15 is 0 Å². The minimum Gasteiger partial charge on any atom is -0.473 e. The molecular formula is C7H9NO2S. The van der Waals surface area contributed by atoms with Gasteiger partial charge in [-0.15, -0.1) is 0 Å². The molecule has 11 heavy (non-hydrogen) atoms. The van der Waals surface area contributed by atoms with Crippen molar-refractivity contribution in [2.75, 3.05) is 7.11 Å². The first-order chi connectivity index (χ1) is 5.15. The Bertz CT molecular complexity index is 280. The van der Waals surface area contributed by atoms with E-state index in [-0.39, 0.29) is 5.78 Å². The number of ketones is 1. The maximum Gasteiger partial charge on any atom is 0.273 e. The van der Waals surface area contributed by atoms with Crippen LogP contribution in [-0.4, -0.2) is 17.9 Å². The van der Waals surface area contributed by atoms with Crippen LogP contribution in [0.3, 0.4) is 0 Å². The van der Waals surface area contributed by atoms with Crippen LogP contribution in [0.5, 0.6) is 5.19 Å². The topological polar surface area (TPSA) is 39.2 Å². The summed E-state index contributed by atoms with van der Waals surface area (Å²) < 4.78 is 4.88. The molecule has 1 aromatic rings. The summed E-state index contributed by atoms with van der Waals surface area (Å²) in [6.07, 6.45) is 0. The Morgan fingerprint density at radius 3 is 2.55 bits per heavy atom. The lowest BCUT2D eigenvalue weighted by atomic mass is 10.3. The first-order valence-corrected chi connectivity index (χ1v) is 3.99. The van der Waals surface area contributed by atoms with Crippen LogP contribution in [0.25, 0.3) is 0 Å². The first kappa shape index (κ1) is 8.20. The second kappa shape index (κ2) is 3.00. The number of methoxy groups -OCH3 is 1. The molecule has 0 aliphatic carbocycles. The second-order valence-electron chi connectivity index (χ2n) is 2.15. The number of rotatable bonds is 2. The number of nitrogens with zero attached hydrogens (tertiary/aromatic N) is 1. The standard InChI is InChI=1S/C7H9NO2S/c1-4-6(5(2)9)11-7(8-4)10-3/h1-3H3. The summed E-state index contributed by atoms with van der Waals surface area (Å²) in [5, 5.41) is 0.549. The number of hydrogen-bond acceptors (Lipinski definition) is 4. The molecule has 0 bridgehead atoms. The third-order valence-electron chi connectivity index (χ3n) is 1.27. The summed E-state index contributed by atoms with van der Waals surface area (Å²) in [5.74, 6) is 0.0447. The third kappa shape index (κ3) is 1.57. The zero-order valence-electron chi connectivity index (χ0n) is 6.67. The van der Waals surface area contributed by atoms with Crippen LogP contribution >= 0.6 is 11.3 Å². The predicted octanol–water partition coefficient (Wildman–Crippen LogP) is 1.66. The predicted molar refractivity (Wildman–Crippen MR) is 43.4 cm³/mol. The maximum atomic E-state index is 10.9. The van der Waals surface area contributed by atoms with E-state index in [1.54, 1.807) is 14.0 Å². The Balaban J connectivity index is 3.07. The summed E-state index contributed by atoms with van der Waals surface area (Å²) in [6.45, 7) is 3.33. The van der Waals surface area contributed by atoms with Crippen LogP contribution < -0.4 is 4.74 Å². The van der Waals surface area contributed by atoms with Crippen molar-refractivity contribution in [3.8, 4) is 5.19 Å². The molecule has 0 radical (unpaired) electrons. The van der Waals surface area contributed by atoms with E-state index in [9.17, 15) is 4.79 Å². The molecule has 4 heteroatoms. The molecule has 1 rings (SSSR count). The van der Waals surface area contributed by atoms with E-state index in [1.165, 1.54) is 18.3 Å². The summed E-state index contributed by atoms with van der Waals surface area (Å²) in [5.41, 5.74) is 0.749. The quantitative estimate of drug-likeness (QED) is 0.635. The average molecular weight is 171 g/mol. The fourth-order valence-electron chi connectivity index (χ4n) is 0.786. The van der Waals surface area contributed by atoms with Crippen molar-refractivity contribution in [2.24, 2.45) is 0 Å². The monoisotopic (exact) mass is 171 g/mol. The Morgan fingerprint density at radius 2 is 2.27 bits per heavy atom. The normalized spacial score (nSPS) is 9.73. The smallest absolute Gasteiger partial charge is 0.273 e. The van der Waals surface area contributed by atoms with E-state index in [0.29, 0.717) is 10.1 Å². The molecule has 1 heterocycles. The van der Waals surface area contributed by atoms with Crippen molar-refractivity contribution in [1.29, 1.82) is 0 Å². The molecule has 0 spiro atoms. The number of Topliss-reactive ketones (excluding diaryl/α,β-unsaturated/α-hetero) is 1. The summed E-state index contributed by atoms with van der Waals surface area (Å²) in [7, 11) is 1.54. The minimum absolute atomic E-state index is 0.0447. The highest BCUT2D eigenvalue weighted by atomic mass is 32.1. The van der Waals surface area contributed by atoms with Crippen molar-refractivity contribution in [1.82, 2.24) is 4.98 Å². The van der Waals surface area contributed by atoms with Gasteiger partial charge in [-0.2, -0.15) is 0 Å². The lowest BCUT2D eigenvalue weighted by Crippen LogP contribution is -1.89. The van der Waals surface area contributed by atoms with Crippen molar-refractivity contribution in [3.63, 3.8) is 0 Å². The number of aromatic nitrogens is 1. The van der Waals surface area contributed by atoms with Gasteiger partial charge in [-0.25, -0.2) is 4.98 Å². The zero-order chi connectivity index (χ0) is 8.43. The Kier molecular flexibility index (Phi) is 2.24. The van der Waals surface area contributed by atoms with Crippen LogP contribution in [0.1, 0.15) is 22.3 Å². The average Bonchev–Trinajstić information content (AvgIpc) is 2.30. The summed E-state index contributed by atoms with van der Waals surface area (Å²) in [6, 6.07) is 0. The molecule has 0 fully saturated rings. The molecular weight excluding hydrogens is 162 g/mol. The van der Waals surface area contributed by atoms with Crippen LogP contribution in [-0.2, 0) is 0 Å². The highest BCUT2D eigenvalue weighted by molar-refractivity contribution is 7.15. The van der Waals surface area contributed by atoms with Crippen LogP contribution in [0.15, 0.2) is 0 Å². The minimum atomic E-state index is 0.0447. The highest BCUT2D eigenvalue weighted by Crippen LogP contribution is 2.24. The molecule has 0 aliphatic rings. The van der Waals surface area contributed by atoms with Crippen molar-refractivity contribution in [2.45, 2.75) is 13.8 Å². The van der Waals surface area contributed by atoms with Gasteiger partial charge in [0.15, 0.2) is 5.78 Å². The largest absolute Gasteiger partial charge is 0.473 e. The number of carbonyl (C=O) groups excluding carboxylic acids is 1. The molecule has 0 N–H and O–H groups in total. The molecule has 1 aromatic heterocycles. The summed E-state index contributed by atoms with van der Waals surface area (Å²) >= 11 is 1.28. The van der Waals surface area contributed by atoms with Crippen molar-refractivity contribution >= 4 is 17.1 Å². The van der Waals surface area contributed by atoms with E-state index in [4.69, 9.17) is 4.74 Å². The molecule has 0 saturated heterocycles. The lowest BCUT2D eigenvalue weighted by Gasteiger charge is -1.86. The number of ether oxygens (including phenoxy) is 1. The molecule has 0 saturated carbocycles. The Morgan fingerprint density at radius 1 is 1.64 bits per heavy atom. The van der Waals surface area contributed by atoms with Gasteiger partial charge in [0.25, 0.3) is 5.19 Å². The molecule has 3 nitrogen and oxygen atoms in total. The number of hydrogen-bond donors (Lipinski definition) is 0. The first-order valence-electron chi connectivity index (χ1n) is 3.17. The van der Waals surface area contributed by atoms with E-state index in [0.717, 1.165) is 5.69 Å². The molecule has 0 aliphatic heterocycles. The Labute approximate surface area is 69.0 Å². The highest BCUT2D eigenvalue weighted by Gasteiger charge is 2.10. The lowest BCUT2D eigenvalue weighted by molar-refractivity contribution is 0.102. The van der Waals surface area contributed by atoms with Gasteiger partial charge in [-0.05, 0) is 6.92 Å². The second-order valence-corrected chi connectivity index (χ2v) is 3.12. The van der Waals surface area contributed by atoms with Gasteiger partial charge >= 0.3 is 0 Å². The SMILES string of the molecule is COc1nc(C)c(C(C)=O)s1. The van der Waals surface area contributed by atoms with Crippen molar-refractivity contribution < 1.29 is 9.53 Å². The third-order valence-corrected chi connectivity index (χ3v) is 2.49. The molecule has 0 amide bonds. The van der Waals surface area contributed by atoms with Gasteiger partial charge in [-0.1, -0.05) is 11.3 Å². The fourth-order valence-corrected chi connectivity index (χ4v) is 1.56. The molecule has 0 aromatic carbocycles.